The first-order chi connectivity index (χ1) is 17.8. The molecule has 1 rings (SSSR count). The van der Waals surface area contributed by atoms with Crippen LogP contribution < -0.4 is 21.7 Å². The van der Waals surface area contributed by atoms with Crippen LogP contribution in [0.4, 0.5) is 4.79 Å². The molecular weight excluding hydrogens is 490 g/mol. The highest BCUT2D eigenvalue weighted by Gasteiger charge is 2.39. The number of Topliss-reactive ketones (excluding diaryl/α,β-unsaturated/α-hetero) is 1. The number of primary amides is 1. The Morgan fingerprint density at radius 1 is 0.947 bits per heavy atom. The molecule has 0 aromatic rings. The van der Waals surface area contributed by atoms with E-state index in [1.165, 1.54) is 4.90 Å². The summed E-state index contributed by atoms with van der Waals surface area (Å²) in [5, 5.41) is 8.03. The van der Waals surface area contributed by atoms with E-state index >= 15 is 0 Å². The summed E-state index contributed by atoms with van der Waals surface area (Å²) in [5.74, 6) is -1.67. The lowest BCUT2D eigenvalue weighted by atomic mass is 9.94. The first-order valence-electron chi connectivity index (χ1n) is 13.8. The zero-order valence-electron chi connectivity index (χ0n) is 23.8. The molecule has 1 saturated heterocycles. The summed E-state index contributed by atoms with van der Waals surface area (Å²) in [6, 6.07) is -2.19. The van der Waals surface area contributed by atoms with Gasteiger partial charge < -0.3 is 21.7 Å². The maximum absolute atomic E-state index is 13.0. The molecule has 11 heteroatoms. The van der Waals surface area contributed by atoms with Crippen LogP contribution in [0.3, 0.4) is 0 Å². The molecule has 1 unspecified atom stereocenters. The van der Waals surface area contributed by atoms with Gasteiger partial charge in [-0.15, -0.1) is 0 Å². The molecule has 3 atom stereocenters. The topological polar surface area (TPSA) is 168 Å². The van der Waals surface area contributed by atoms with E-state index in [0.717, 1.165) is 0 Å². The molecule has 0 saturated carbocycles. The maximum atomic E-state index is 13.0. The fraction of sp³-hybridized carbons (Fsp3) is 0.778. The molecule has 0 aliphatic carbocycles. The lowest BCUT2D eigenvalue weighted by molar-refractivity contribution is -0.140. The Bertz CT molecular complexity index is 857. The molecule has 0 radical (unpaired) electrons. The summed E-state index contributed by atoms with van der Waals surface area (Å²) in [7, 11) is 0. The van der Waals surface area contributed by atoms with E-state index < -0.39 is 24.0 Å². The molecule has 0 bridgehead atoms. The van der Waals surface area contributed by atoms with Gasteiger partial charge in [-0.3, -0.25) is 28.9 Å². The smallest absolute Gasteiger partial charge is 0.312 e. The predicted molar refractivity (Wildman–Crippen MR) is 143 cm³/mol. The van der Waals surface area contributed by atoms with Crippen molar-refractivity contribution in [1.29, 1.82) is 0 Å². The van der Waals surface area contributed by atoms with Crippen molar-refractivity contribution in [2.24, 2.45) is 29.4 Å². The van der Waals surface area contributed by atoms with Crippen molar-refractivity contribution >= 4 is 35.4 Å². The Balaban J connectivity index is 2.54. The van der Waals surface area contributed by atoms with E-state index in [9.17, 15) is 28.8 Å². The minimum atomic E-state index is -0.804. The van der Waals surface area contributed by atoms with Crippen LogP contribution in [-0.4, -0.2) is 65.5 Å². The van der Waals surface area contributed by atoms with E-state index in [4.69, 9.17) is 5.73 Å². The second kappa shape index (κ2) is 16.1. The number of amides is 6. The van der Waals surface area contributed by atoms with E-state index in [-0.39, 0.29) is 66.6 Å². The number of imide groups is 1. The van der Waals surface area contributed by atoms with Crippen molar-refractivity contribution in [2.75, 3.05) is 13.1 Å². The van der Waals surface area contributed by atoms with Crippen molar-refractivity contribution in [3.05, 3.63) is 0 Å². The van der Waals surface area contributed by atoms with Gasteiger partial charge in [0.05, 0.1) is 6.04 Å². The quantitative estimate of drug-likeness (QED) is 0.163. The third kappa shape index (κ3) is 10.8. The average molecular weight is 538 g/mol. The number of urea groups is 1. The zero-order chi connectivity index (χ0) is 29.0. The lowest BCUT2D eigenvalue weighted by Crippen LogP contribution is -2.54. The Kier molecular flexibility index (Phi) is 14.0. The van der Waals surface area contributed by atoms with Crippen LogP contribution in [0.25, 0.3) is 0 Å². The number of hydrogen-bond acceptors (Lipinski definition) is 6. The van der Waals surface area contributed by atoms with Crippen molar-refractivity contribution < 1.29 is 28.8 Å². The SMILES string of the molecule is CC(C)C(=O)[C@H](CCCNC(N)=O)NC(=O)[C@@H](NC(=O)CCCCCN1C(=O)CC(C(C)C)C1=O)C(C)C. The molecule has 216 valence electrons. The summed E-state index contributed by atoms with van der Waals surface area (Å²) in [6.07, 6.45) is 3.11. The number of carbonyl (C=O) groups excluding carboxylic acids is 6. The van der Waals surface area contributed by atoms with Gasteiger partial charge in [0.2, 0.25) is 23.6 Å². The fourth-order valence-corrected chi connectivity index (χ4v) is 4.44. The number of carbonyl (C=O) groups is 6. The molecule has 1 aliphatic rings. The van der Waals surface area contributed by atoms with Gasteiger partial charge in [0.15, 0.2) is 5.78 Å². The molecule has 11 nitrogen and oxygen atoms in total. The Morgan fingerprint density at radius 2 is 1.61 bits per heavy atom. The van der Waals surface area contributed by atoms with Gasteiger partial charge in [0.25, 0.3) is 0 Å². The first-order valence-corrected chi connectivity index (χ1v) is 13.8. The number of unbranched alkanes of at least 4 members (excludes halogenated alkanes) is 2. The van der Waals surface area contributed by atoms with Gasteiger partial charge in [-0.25, -0.2) is 4.79 Å². The van der Waals surface area contributed by atoms with Crippen LogP contribution in [0.2, 0.25) is 0 Å². The lowest BCUT2D eigenvalue weighted by Gasteiger charge is -2.26. The molecule has 5 N–H and O–H groups in total. The minimum absolute atomic E-state index is 0.105. The summed E-state index contributed by atoms with van der Waals surface area (Å²) < 4.78 is 0. The van der Waals surface area contributed by atoms with E-state index in [0.29, 0.717) is 38.6 Å². The van der Waals surface area contributed by atoms with Crippen LogP contribution in [0.15, 0.2) is 0 Å². The van der Waals surface area contributed by atoms with E-state index in [1.807, 2.05) is 27.7 Å². The molecule has 38 heavy (non-hydrogen) atoms. The molecule has 1 aliphatic heterocycles. The molecular formula is C27H47N5O6. The number of nitrogens with zero attached hydrogens (tertiary/aromatic N) is 1. The number of nitrogens with one attached hydrogen (secondary N) is 3. The van der Waals surface area contributed by atoms with Gasteiger partial charge in [-0.2, -0.15) is 0 Å². The number of rotatable bonds is 17. The highest BCUT2D eigenvalue weighted by molar-refractivity contribution is 6.03. The third-order valence-corrected chi connectivity index (χ3v) is 6.83. The van der Waals surface area contributed by atoms with Crippen LogP contribution in [0.1, 0.15) is 86.5 Å². The van der Waals surface area contributed by atoms with Crippen LogP contribution in [0.5, 0.6) is 0 Å². The number of hydrogen-bond donors (Lipinski definition) is 4. The normalized spacial score (nSPS) is 17.2. The van der Waals surface area contributed by atoms with Crippen LogP contribution >= 0.6 is 0 Å². The second-order valence-electron chi connectivity index (χ2n) is 11.1. The van der Waals surface area contributed by atoms with Gasteiger partial charge in [-0.1, -0.05) is 48.0 Å². The van der Waals surface area contributed by atoms with Gasteiger partial charge in [0.1, 0.15) is 6.04 Å². The predicted octanol–water partition coefficient (Wildman–Crippen LogP) is 1.88. The highest BCUT2D eigenvalue weighted by Crippen LogP contribution is 2.26. The largest absolute Gasteiger partial charge is 0.352 e. The van der Waals surface area contributed by atoms with Gasteiger partial charge >= 0.3 is 6.03 Å². The fourth-order valence-electron chi connectivity index (χ4n) is 4.44. The molecule has 0 aromatic heterocycles. The Morgan fingerprint density at radius 3 is 2.13 bits per heavy atom. The molecule has 0 aromatic carbocycles. The zero-order valence-corrected chi connectivity index (χ0v) is 23.8. The first kappa shape index (κ1) is 33.0. The average Bonchev–Trinajstić information content (AvgIpc) is 3.11. The van der Waals surface area contributed by atoms with Crippen LogP contribution in [-0.2, 0) is 24.0 Å². The van der Waals surface area contributed by atoms with Crippen molar-refractivity contribution in [3.8, 4) is 0 Å². The van der Waals surface area contributed by atoms with Gasteiger partial charge in [0, 0.05) is 37.8 Å². The summed E-state index contributed by atoms with van der Waals surface area (Å²) in [6.45, 7) is 11.7. The highest BCUT2D eigenvalue weighted by atomic mass is 16.2. The molecule has 1 heterocycles. The Hall–Kier alpha value is -2.98. The van der Waals surface area contributed by atoms with E-state index in [1.54, 1.807) is 13.8 Å². The van der Waals surface area contributed by atoms with Crippen LogP contribution in [0, 0.1) is 23.7 Å². The van der Waals surface area contributed by atoms with Crippen molar-refractivity contribution in [1.82, 2.24) is 20.9 Å². The summed E-state index contributed by atoms with van der Waals surface area (Å²) in [5.41, 5.74) is 5.07. The van der Waals surface area contributed by atoms with Crippen molar-refractivity contribution in [2.45, 2.75) is 98.6 Å². The second-order valence-corrected chi connectivity index (χ2v) is 11.1. The number of likely N-dealkylation sites (tertiary alicyclic amines) is 1. The molecule has 0 spiro atoms. The standard InChI is InChI=1S/C27H47N5O6/c1-16(2)19-15-22(34)32(26(19)37)14-9-7-8-12-21(33)31-23(17(3)4)25(36)30-20(24(35)18(5)6)11-10-13-29-27(28)38/h16-20,23H,7-15H2,1-6H3,(H,30,36)(H,31,33)(H3,28,29,38)/t19?,20-,23-/m0/s1. The van der Waals surface area contributed by atoms with Gasteiger partial charge in [-0.05, 0) is 37.5 Å². The minimum Gasteiger partial charge on any atom is -0.352 e. The van der Waals surface area contributed by atoms with Crippen molar-refractivity contribution in [3.63, 3.8) is 0 Å². The maximum Gasteiger partial charge on any atom is 0.312 e. The summed E-state index contributed by atoms with van der Waals surface area (Å²) >= 11 is 0. The van der Waals surface area contributed by atoms with E-state index in [2.05, 4.69) is 16.0 Å². The molecule has 6 amide bonds. The number of ketones is 1. The Labute approximate surface area is 226 Å². The number of nitrogens with two attached hydrogens (primary N) is 1. The molecule has 1 fully saturated rings. The monoisotopic (exact) mass is 537 g/mol. The summed E-state index contributed by atoms with van der Waals surface area (Å²) in [4.78, 5) is 75.0. The third-order valence-electron chi connectivity index (χ3n) is 6.83.